The molecule has 0 fully saturated rings. The fourth-order valence-electron chi connectivity index (χ4n) is 1.47. The molecule has 2 aromatic heterocycles. The van der Waals surface area contributed by atoms with Crippen LogP contribution in [-0.2, 0) is 16.8 Å². The van der Waals surface area contributed by atoms with Gasteiger partial charge < -0.3 is 14.6 Å². The summed E-state index contributed by atoms with van der Waals surface area (Å²) in [5.41, 5.74) is 0. The maximum Gasteiger partial charge on any atom is 0.343 e. The fraction of sp³-hybridized carbons (Fsp3) is 0.286. The third-order valence-electron chi connectivity index (χ3n) is 2.20. The minimum absolute atomic E-state index is 0.147. The molecule has 0 saturated heterocycles. The Morgan fingerprint density at radius 2 is 2.32 bits per heavy atom. The molecule has 0 saturated carbocycles. The molecule has 0 atom stereocenters. The van der Waals surface area contributed by atoms with Crippen molar-refractivity contribution in [2.24, 2.45) is 0 Å². The molecule has 0 aliphatic rings. The van der Waals surface area contributed by atoms with E-state index in [0.717, 1.165) is 10.8 Å². The second kappa shape index (κ2) is 4.93. The van der Waals surface area contributed by atoms with Crippen LogP contribution in [0.15, 0.2) is 10.7 Å². The molecule has 100 valence electrons. The molecule has 12 heteroatoms. The Balaban J connectivity index is 2.71. The molecule has 0 aromatic carbocycles. The van der Waals surface area contributed by atoms with Crippen LogP contribution in [0.5, 0.6) is 0 Å². The summed E-state index contributed by atoms with van der Waals surface area (Å²) in [6.07, 6.45) is 0.954. The lowest BCUT2D eigenvalue weighted by molar-refractivity contribution is -0.392. The predicted octanol–water partition coefficient (Wildman–Crippen LogP) is -0.963. The van der Waals surface area contributed by atoms with Gasteiger partial charge in [0.15, 0.2) is 0 Å². The maximum absolute atomic E-state index is 11.2. The van der Waals surface area contributed by atoms with Gasteiger partial charge in [-0.3, -0.25) is 0 Å². The van der Waals surface area contributed by atoms with Gasteiger partial charge in [0.1, 0.15) is 6.20 Å². The molecule has 19 heavy (non-hydrogen) atoms. The van der Waals surface area contributed by atoms with Crippen molar-refractivity contribution in [3.63, 3.8) is 0 Å². The number of imidazole rings is 1. The molecule has 0 unspecified atom stereocenters. The highest BCUT2D eigenvalue weighted by molar-refractivity contribution is 7.73. The lowest BCUT2D eigenvalue weighted by atomic mass is 10.4. The first-order valence-corrected chi connectivity index (χ1v) is 5.95. The van der Waals surface area contributed by atoms with E-state index >= 15 is 0 Å². The summed E-state index contributed by atoms with van der Waals surface area (Å²) in [5.74, 6) is -0.884. The normalized spacial score (nSPS) is 10.4. The Bertz CT molecular complexity index is 737. The van der Waals surface area contributed by atoms with Gasteiger partial charge in [-0.05, 0) is 17.1 Å². The summed E-state index contributed by atoms with van der Waals surface area (Å²) < 4.78 is 28.1. The molecule has 0 aliphatic carbocycles. The van der Waals surface area contributed by atoms with Crippen molar-refractivity contribution in [3.05, 3.63) is 28.0 Å². The lowest BCUT2D eigenvalue weighted by Gasteiger charge is -1.99. The van der Waals surface area contributed by atoms with E-state index in [1.165, 1.54) is 0 Å². The van der Waals surface area contributed by atoms with Crippen molar-refractivity contribution in [2.45, 2.75) is 13.5 Å². The van der Waals surface area contributed by atoms with Gasteiger partial charge in [0.2, 0.25) is 21.0 Å². The standard InChI is InChI=1S/C7H6N6O5S/c1-2-12-4(13(14)15)3-8-6(12)5(19(16)17)7-9-10-11-18-7/h3H,2H2,1H3. The Kier molecular flexibility index (Phi) is 3.33. The first-order valence-electron chi connectivity index (χ1n) is 4.88. The smallest absolute Gasteiger partial charge is 0.343 e. The van der Waals surface area contributed by atoms with E-state index in [-0.39, 0.29) is 24.1 Å². The molecule has 0 aliphatic heterocycles. The molecular weight excluding hydrogens is 280 g/mol. The highest BCUT2D eigenvalue weighted by atomic mass is 32.2. The third kappa shape index (κ3) is 2.20. The lowest BCUT2D eigenvalue weighted by Crippen LogP contribution is -2.14. The molecule has 0 spiro atoms. The van der Waals surface area contributed by atoms with Crippen LogP contribution in [0.2, 0.25) is 0 Å². The van der Waals surface area contributed by atoms with Crippen LogP contribution >= 0.6 is 0 Å². The zero-order valence-corrected chi connectivity index (χ0v) is 10.2. The van der Waals surface area contributed by atoms with Crippen LogP contribution in [0.3, 0.4) is 0 Å². The number of nitro groups is 1. The van der Waals surface area contributed by atoms with E-state index < -0.39 is 20.1 Å². The summed E-state index contributed by atoms with van der Waals surface area (Å²) in [6.45, 7) is 1.75. The van der Waals surface area contributed by atoms with E-state index in [1.807, 2.05) is 0 Å². The Morgan fingerprint density at radius 3 is 2.79 bits per heavy atom. The van der Waals surface area contributed by atoms with Gasteiger partial charge in [0.05, 0.1) is 11.8 Å². The van der Waals surface area contributed by atoms with Crippen molar-refractivity contribution in [2.75, 3.05) is 0 Å². The number of rotatable bonds is 4. The van der Waals surface area contributed by atoms with Gasteiger partial charge in [-0.25, -0.2) is 9.55 Å². The first kappa shape index (κ1) is 12.8. The van der Waals surface area contributed by atoms with Crippen molar-refractivity contribution < 1.29 is 17.9 Å². The van der Waals surface area contributed by atoms with Crippen molar-refractivity contribution in [3.8, 4) is 0 Å². The van der Waals surface area contributed by atoms with Crippen LogP contribution in [-0.4, -0.2) is 43.3 Å². The van der Waals surface area contributed by atoms with Crippen LogP contribution in [0.4, 0.5) is 5.82 Å². The zero-order chi connectivity index (χ0) is 14.0. The first-order chi connectivity index (χ1) is 9.06. The largest absolute Gasteiger partial charge is 0.358 e. The quantitative estimate of drug-likeness (QED) is 0.300. The van der Waals surface area contributed by atoms with Crippen molar-refractivity contribution in [1.29, 1.82) is 0 Å². The molecule has 0 radical (unpaired) electrons. The van der Waals surface area contributed by atoms with Crippen LogP contribution < -0.4 is 0 Å². The van der Waals surface area contributed by atoms with E-state index in [2.05, 4.69) is 25.1 Å². The number of hydrogen-bond acceptors (Lipinski definition) is 9. The minimum Gasteiger partial charge on any atom is -0.358 e. The molecular formula is C7H6N6O5S. The fourth-order valence-corrected chi connectivity index (χ4v) is 2.00. The Hall–Kier alpha value is -2.63. The molecule has 0 N–H and O–H groups in total. The topological polar surface area (TPSA) is 147 Å². The maximum atomic E-state index is 11.2. The summed E-state index contributed by atoms with van der Waals surface area (Å²) >= 11 is 0. The monoisotopic (exact) mass is 286 g/mol. The zero-order valence-electron chi connectivity index (χ0n) is 9.42. The highest BCUT2D eigenvalue weighted by Gasteiger charge is 2.28. The van der Waals surface area contributed by atoms with Gasteiger partial charge in [-0.15, -0.1) is 0 Å². The van der Waals surface area contributed by atoms with Gasteiger partial charge in [-0.1, -0.05) is 5.10 Å². The van der Waals surface area contributed by atoms with Crippen molar-refractivity contribution >= 4 is 21.0 Å². The van der Waals surface area contributed by atoms with Gasteiger partial charge in [-0.2, -0.15) is 8.42 Å². The van der Waals surface area contributed by atoms with Crippen LogP contribution in [0.25, 0.3) is 0 Å². The SMILES string of the molecule is CCn1c([N+](=O)[O-])cnc1C(c1nnno1)=S(=O)=O. The van der Waals surface area contributed by atoms with Crippen LogP contribution in [0, 0.1) is 10.1 Å². The van der Waals surface area contributed by atoms with Crippen LogP contribution in [0.1, 0.15) is 18.6 Å². The molecule has 0 bridgehead atoms. The predicted molar refractivity (Wildman–Crippen MR) is 58.8 cm³/mol. The van der Waals surface area contributed by atoms with Crippen molar-refractivity contribution in [1.82, 2.24) is 25.1 Å². The minimum atomic E-state index is -2.77. The molecule has 2 aromatic rings. The second-order valence-corrected chi connectivity index (χ2v) is 4.05. The van der Waals surface area contributed by atoms with E-state index in [9.17, 15) is 18.5 Å². The average molecular weight is 286 g/mol. The Labute approximate surface area is 106 Å². The molecule has 0 amide bonds. The number of aromatic nitrogens is 5. The molecule has 11 nitrogen and oxygen atoms in total. The van der Waals surface area contributed by atoms with E-state index in [1.54, 1.807) is 6.92 Å². The van der Waals surface area contributed by atoms with Gasteiger partial charge in [0.25, 0.3) is 5.89 Å². The Morgan fingerprint density at radius 1 is 1.58 bits per heavy atom. The highest BCUT2D eigenvalue weighted by Crippen LogP contribution is 2.16. The summed E-state index contributed by atoms with van der Waals surface area (Å²) in [7, 11) is -2.77. The summed E-state index contributed by atoms with van der Waals surface area (Å²) in [6, 6.07) is 0. The van der Waals surface area contributed by atoms with Gasteiger partial charge >= 0.3 is 5.82 Å². The number of hydrogen-bond donors (Lipinski definition) is 0. The molecule has 2 heterocycles. The average Bonchev–Trinajstić information content (AvgIpc) is 2.98. The molecule has 2 rings (SSSR count). The summed E-state index contributed by atoms with van der Waals surface area (Å²) in [4.78, 5) is 13.4. The second-order valence-electron chi connectivity index (χ2n) is 3.17. The van der Waals surface area contributed by atoms with E-state index in [0.29, 0.717) is 0 Å². The summed E-state index contributed by atoms with van der Waals surface area (Å²) in [5, 5.41) is 20.3. The third-order valence-corrected chi connectivity index (χ3v) is 2.89. The van der Waals surface area contributed by atoms with Gasteiger partial charge in [0, 0.05) is 0 Å². The van der Waals surface area contributed by atoms with E-state index in [4.69, 9.17) is 0 Å². The number of nitrogens with zero attached hydrogens (tertiary/aromatic N) is 6.